The molecular formula is C11H20N2S2. The van der Waals surface area contributed by atoms with Crippen LogP contribution in [0.1, 0.15) is 44.4 Å². The lowest BCUT2D eigenvalue weighted by Crippen LogP contribution is -2.12. The highest BCUT2D eigenvalue weighted by Crippen LogP contribution is 2.29. The van der Waals surface area contributed by atoms with Gasteiger partial charge >= 0.3 is 0 Å². The zero-order valence-electron chi connectivity index (χ0n) is 10.1. The van der Waals surface area contributed by atoms with Gasteiger partial charge in [0.05, 0.1) is 5.69 Å². The molecule has 0 aliphatic heterocycles. The Labute approximate surface area is 101 Å². The van der Waals surface area contributed by atoms with Gasteiger partial charge in [0, 0.05) is 21.9 Å². The first kappa shape index (κ1) is 13.0. The molecule has 1 aromatic heterocycles. The number of rotatable bonds is 4. The Balaban J connectivity index is 2.53. The van der Waals surface area contributed by atoms with Gasteiger partial charge in [-0.15, -0.1) is 23.1 Å². The van der Waals surface area contributed by atoms with E-state index in [1.807, 2.05) is 18.8 Å². The molecule has 0 radical (unpaired) electrons. The third-order valence-corrected chi connectivity index (χ3v) is 4.41. The topological polar surface area (TPSA) is 24.9 Å². The standard InChI is InChI=1S/C11H20N2S2/c1-8(12-5)9-6-14-10(13-9)7-15-11(2,3)4/h6,8,12H,7H2,1-5H3. The lowest BCUT2D eigenvalue weighted by Gasteiger charge is -2.16. The van der Waals surface area contributed by atoms with Gasteiger partial charge in [0.1, 0.15) is 5.01 Å². The highest BCUT2D eigenvalue weighted by Gasteiger charge is 2.13. The predicted octanol–water partition coefficient (Wildman–Crippen LogP) is 3.46. The van der Waals surface area contributed by atoms with E-state index in [9.17, 15) is 0 Å². The summed E-state index contributed by atoms with van der Waals surface area (Å²) >= 11 is 3.71. The molecule has 1 rings (SSSR count). The van der Waals surface area contributed by atoms with Crippen LogP contribution < -0.4 is 5.32 Å². The summed E-state index contributed by atoms with van der Waals surface area (Å²) in [6.45, 7) is 8.85. The van der Waals surface area contributed by atoms with Crippen LogP contribution in [0.2, 0.25) is 0 Å². The molecule has 1 atom stereocenters. The molecule has 0 bridgehead atoms. The van der Waals surface area contributed by atoms with Crippen LogP contribution in [-0.2, 0) is 5.75 Å². The lowest BCUT2D eigenvalue weighted by molar-refractivity contribution is 0.635. The van der Waals surface area contributed by atoms with Crippen molar-refractivity contribution in [3.63, 3.8) is 0 Å². The van der Waals surface area contributed by atoms with Gasteiger partial charge < -0.3 is 5.32 Å². The van der Waals surface area contributed by atoms with Crippen molar-refractivity contribution in [3.05, 3.63) is 16.1 Å². The second-order valence-corrected chi connectivity index (χ2v) is 7.32. The zero-order valence-corrected chi connectivity index (χ0v) is 11.8. The van der Waals surface area contributed by atoms with Crippen molar-refractivity contribution in [3.8, 4) is 0 Å². The lowest BCUT2D eigenvalue weighted by atomic mass is 10.3. The van der Waals surface area contributed by atoms with Crippen LogP contribution in [0.15, 0.2) is 5.38 Å². The normalized spacial score (nSPS) is 14.2. The Hall–Kier alpha value is -0.0600. The number of nitrogens with one attached hydrogen (secondary N) is 1. The first-order valence-corrected chi connectivity index (χ1v) is 7.04. The van der Waals surface area contributed by atoms with Gasteiger partial charge in [0.15, 0.2) is 0 Å². The average molecular weight is 244 g/mol. The fraction of sp³-hybridized carbons (Fsp3) is 0.727. The summed E-state index contributed by atoms with van der Waals surface area (Å²) < 4.78 is 0.320. The number of aromatic nitrogens is 1. The van der Waals surface area contributed by atoms with E-state index in [2.05, 4.69) is 43.4 Å². The second kappa shape index (κ2) is 5.32. The van der Waals surface area contributed by atoms with Crippen LogP contribution in [0, 0.1) is 0 Å². The summed E-state index contributed by atoms with van der Waals surface area (Å²) in [4.78, 5) is 4.62. The molecule has 0 aromatic carbocycles. The summed E-state index contributed by atoms with van der Waals surface area (Å²) in [5.74, 6) is 1.02. The van der Waals surface area contributed by atoms with E-state index < -0.39 is 0 Å². The monoisotopic (exact) mass is 244 g/mol. The molecule has 0 saturated carbocycles. The molecule has 15 heavy (non-hydrogen) atoms. The van der Waals surface area contributed by atoms with E-state index >= 15 is 0 Å². The van der Waals surface area contributed by atoms with Crippen LogP contribution in [0.5, 0.6) is 0 Å². The molecule has 1 unspecified atom stereocenters. The maximum Gasteiger partial charge on any atom is 0.103 e. The first-order valence-electron chi connectivity index (χ1n) is 5.18. The Morgan fingerprint density at radius 1 is 1.53 bits per heavy atom. The van der Waals surface area contributed by atoms with Gasteiger partial charge in [0.25, 0.3) is 0 Å². The summed E-state index contributed by atoms with van der Waals surface area (Å²) in [5, 5.41) is 6.59. The van der Waals surface area contributed by atoms with Gasteiger partial charge in [-0.2, -0.15) is 0 Å². The highest BCUT2D eigenvalue weighted by molar-refractivity contribution is 7.99. The molecule has 1 heterocycles. The molecule has 2 nitrogen and oxygen atoms in total. The summed E-state index contributed by atoms with van der Waals surface area (Å²) in [5.41, 5.74) is 1.16. The minimum Gasteiger partial charge on any atom is -0.312 e. The molecule has 0 saturated heterocycles. The van der Waals surface area contributed by atoms with Crippen molar-refractivity contribution < 1.29 is 0 Å². The van der Waals surface area contributed by atoms with Crippen molar-refractivity contribution in [2.24, 2.45) is 0 Å². The predicted molar refractivity (Wildman–Crippen MR) is 70.6 cm³/mol. The Kier molecular flexibility index (Phi) is 4.62. The van der Waals surface area contributed by atoms with Gasteiger partial charge in [-0.1, -0.05) is 20.8 Å². The third kappa shape index (κ3) is 4.53. The maximum absolute atomic E-state index is 4.62. The molecule has 0 fully saturated rings. The number of thioether (sulfide) groups is 1. The van der Waals surface area contributed by atoms with Crippen LogP contribution in [-0.4, -0.2) is 16.8 Å². The van der Waals surface area contributed by atoms with Crippen LogP contribution in [0.4, 0.5) is 0 Å². The molecule has 0 aliphatic rings. The van der Waals surface area contributed by atoms with E-state index in [0.29, 0.717) is 10.8 Å². The van der Waals surface area contributed by atoms with Crippen molar-refractivity contribution in [2.45, 2.75) is 44.2 Å². The van der Waals surface area contributed by atoms with Crippen LogP contribution in [0.3, 0.4) is 0 Å². The molecule has 86 valence electrons. The fourth-order valence-corrected chi connectivity index (χ4v) is 2.76. The fourth-order valence-electron chi connectivity index (χ4n) is 1.02. The molecule has 1 N–H and O–H groups in total. The van der Waals surface area contributed by atoms with E-state index in [-0.39, 0.29) is 0 Å². The largest absolute Gasteiger partial charge is 0.312 e. The van der Waals surface area contributed by atoms with Crippen molar-refractivity contribution in [1.29, 1.82) is 0 Å². The smallest absolute Gasteiger partial charge is 0.103 e. The van der Waals surface area contributed by atoms with Gasteiger partial charge in [-0.05, 0) is 14.0 Å². The molecule has 4 heteroatoms. The molecular weight excluding hydrogens is 224 g/mol. The maximum atomic E-state index is 4.62. The van der Waals surface area contributed by atoms with Gasteiger partial charge in [-0.25, -0.2) is 4.98 Å². The van der Waals surface area contributed by atoms with Crippen molar-refractivity contribution >= 4 is 23.1 Å². The summed E-state index contributed by atoms with van der Waals surface area (Å²) in [6, 6.07) is 0.356. The van der Waals surface area contributed by atoms with Crippen LogP contribution >= 0.6 is 23.1 Å². The highest BCUT2D eigenvalue weighted by atomic mass is 32.2. The second-order valence-electron chi connectivity index (χ2n) is 4.58. The van der Waals surface area contributed by atoms with Gasteiger partial charge in [0.2, 0.25) is 0 Å². The Morgan fingerprint density at radius 2 is 2.20 bits per heavy atom. The first-order chi connectivity index (χ1) is 6.92. The number of nitrogens with zero attached hydrogens (tertiary/aromatic N) is 1. The zero-order chi connectivity index (χ0) is 11.5. The molecule has 0 aliphatic carbocycles. The van der Waals surface area contributed by atoms with E-state index in [0.717, 1.165) is 11.4 Å². The Bertz CT molecular complexity index is 302. The number of thiazole rings is 1. The van der Waals surface area contributed by atoms with E-state index in [4.69, 9.17) is 0 Å². The molecule has 1 aromatic rings. The van der Waals surface area contributed by atoms with Gasteiger partial charge in [-0.3, -0.25) is 0 Å². The quantitative estimate of drug-likeness (QED) is 0.878. The average Bonchev–Trinajstić information content (AvgIpc) is 2.61. The van der Waals surface area contributed by atoms with E-state index in [1.165, 1.54) is 5.01 Å². The van der Waals surface area contributed by atoms with Crippen molar-refractivity contribution in [2.75, 3.05) is 7.05 Å². The third-order valence-electron chi connectivity index (χ3n) is 2.07. The van der Waals surface area contributed by atoms with E-state index in [1.54, 1.807) is 11.3 Å². The minimum absolute atomic E-state index is 0.320. The summed E-state index contributed by atoms with van der Waals surface area (Å²) in [7, 11) is 1.97. The molecule has 0 amide bonds. The Morgan fingerprint density at radius 3 is 2.73 bits per heavy atom. The minimum atomic E-state index is 0.320. The van der Waals surface area contributed by atoms with Crippen molar-refractivity contribution in [1.82, 2.24) is 10.3 Å². The summed E-state index contributed by atoms with van der Waals surface area (Å²) in [6.07, 6.45) is 0. The SMILES string of the molecule is CNC(C)c1csc(CSC(C)(C)C)n1. The number of hydrogen-bond donors (Lipinski definition) is 1. The number of hydrogen-bond acceptors (Lipinski definition) is 4. The molecule has 0 spiro atoms. The van der Waals surface area contributed by atoms with Crippen LogP contribution in [0.25, 0.3) is 0 Å².